The third-order valence-corrected chi connectivity index (χ3v) is 5.15. The molecule has 0 unspecified atom stereocenters. The second kappa shape index (κ2) is 7.35. The lowest BCUT2D eigenvalue weighted by Crippen LogP contribution is -2.47. The summed E-state index contributed by atoms with van der Waals surface area (Å²) in [6, 6.07) is -0.169. The minimum absolute atomic E-state index is 0.0283. The molecule has 8 nitrogen and oxygen atoms in total. The molecule has 1 aliphatic heterocycles. The predicted molar refractivity (Wildman–Crippen MR) is 95.1 cm³/mol. The van der Waals surface area contributed by atoms with Crippen molar-refractivity contribution in [2.24, 2.45) is 13.0 Å². The van der Waals surface area contributed by atoms with Crippen LogP contribution in [-0.2, 0) is 18.4 Å². The van der Waals surface area contributed by atoms with Gasteiger partial charge in [0.15, 0.2) is 0 Å². The van der Waals surface area contributed by atoms with Crippen LogP contribution in [0.25, 0.3) is 0 Å². The van der Waals surface area contributed by atoms with Crippen molar-refractivity contribution in [3.63, 3.8) is 0 Å². The molecule has 0 saturated carbocycles. The lowest BCUT2D eigenvalue weighted by molar-refractivity contribution is -0.121. The molecule has 0 radical (unpaired) electrons. The molecule has 2 atom stereocenters. The first-order chi connectivity index (χ1) is 12.0. The van der Waals surface area contributed by atoms with Crippen LogP contribution in [0.4, 0.5) is 5.69 Å². The normalized spacial score (nSPS) is 19.8. The van der Waals surface area contributed by atoms with Gasteiger partial charge in [-0.1, -0.05) is 0 Å². The summed E-state index contributed by atoms with van der Waals surface area (Å²) in [6.07, 6.45) is 5.58. The monoisotopic (exact) mass is 345 g/mol. The maximum atomic E-state index is 12.7. The molecular formula is C17H27N7O. The number of carbonyl (C=O) groups excluding carboxylic acids is 1. The van der Waals surface area contributed by atoms with Crippen LogP contribution in [0.15, 0.2) is 12.7 Å². The van der Waals surface area contributed by atoms with E-state index in [4.69, 9.17) is 0 Å². The zero-order valence-corrected chi connectivity index (χ0v) is 15.4. The minimum Gasteiger partial charge on any atom is -0.322 e. The first-order valence-electron chi connectivity index (χ1n) is 8.83. The molecule has 2 aromatic rings. The lowest BCUT2D eigenvalue weighted by Gasteiger charge is -2.36. The van der Waals surface area contributed by atoms with Gasteiger partial charge in [-0.25, -0.2) is 4.98 Å². The van der Waals surface area contributed by atoms with Crippen LogP contribution in [-0.4, -0.2) is 54.5 Å². The summed E-state index contributed by atoms with van der Waals surface area (Å²) in [5, 5.41) is 11.6. The molecule has 0 bridgehead atoms. The van der Waals surface area contributed by atoms with Gasteiger partial charge in [0.1, 0.15) is 12.7 Å². The maximum absolute atomic E-state index is 12.7. The van der Waals surface area contributed by atoms with Gasteiger partial charge in [-0.05, 0) is 46.1 Å². The highest BCUT2D eigenvalue weighted by molar-refractivity contribution is 5.95. The first kappa shape index (κ1) is 17.6. The lowest BCUT2D eigenvalue weighted by atomic mass is 9.96. The molecule has 25 heavy (non-hydrogen) atoms. The number of piperidine rings is 1. The molecule has 0 aliphatic carbocycles. The van der Waals surface area contributed by atoms with Crippen LogP contribution >= 0.6 is 0 Å². The summed E-state index contributed by atoms with van der Waals surface area (Å²) in [5.74, 6) is 0.521. The molecule has 1 saturated heterocycles. The molecule has 8 heteroatoms. The van der Waals surface area contributed by atoms with Crippen molar-refractivity contribution >= 4 is 11.6 Å². The number of aryl methyl sites for hydroxylation is 2. The van der Waals surface area contributed by atoms with Gasteiger partial charge in [0.05, 0.1) is 23.1 Å². The summed E-state index contributed by atoms with van der Waals surface area (Å²) >= 11 is 0. The standard InChI is InChI=1S/C17H27N7O/c1-12-16(13(2)22(4)21-12)20-17(25)14(3)23-7-5-6-15(8-23)9-24-11-18-10-19-24/h10-11,14-15H,5-9H2,1-4H3,(H,20,25)/t14-,15+/m0/s1. The molecule has 136 valence electrons. The molecule has 3 rings (SSSR count). The number of aromatic nitrogens is 5. The van der Waals surface area contributed by atoms with Crippen LogP contribution in [0.3, 0.4) is 0 Å². The van der Waals surface area contributed by atoms with Crippen molar-refractivity contribution in [1.29, 1.82) is 0 Å². The molecule has 1 amide bonds. The van der Waals surface area contributed by atoms with E-state index in [1.165, 1.54) is 0 Å². The van der Waals surface area contributed by atoms with Gasteiger partial charge in [0.25, 0.3) is 0 Å². The van der Waals surface area contributed by atoms with Gasteiger partial charge in [0, 0.05) is 20.1 Å². The Morgan fingerprint density at radius 1 is 1.44 bits per heavy atom. The van der Waals surface area contributed by atoms with E-state index in [0.29, 0.717) is 5.92 Å². The second-order valence-electron chi connectivity index (χ2n) is 6.96. The average molecular weight is 345 g/mol. The Morgan fingerprint density at radius 2 is 2.24 bits per heavy atom. The Labute approximate surface area is 148 Å². The zero-order chi connectivity index (χ0) is 18.0. The highest BCUT2D eigenvalue weighted by Crippen LogP contribution is 2.22. The zero-order valence-electron chi connectivity index (χ0n) is 15.4. The van der Waals surface area contributed by atoms with E-state index in [0.717, 1.165) is 49.6 Å². The first-order valence-corrected chi connectivity index (χ1v) is 8.83. The second-order valence-corrected chi connectivity index (χ2v) is 6.96. The fraction of sp³-hybridized carbons (Fsp3) is 0.647. The number of nitrogens with zero attached hydrogens (tertiary/aromatic N) is 6. The summed E-state index contributed by atoms with van der Waals surface area (Å²) in [4.78, 5) is 19.0. The van der Waals surface area contributed by atoms with Crippen molar-refractivity contribution < 1.29 is 4.79 Å². The van der Waals surface area contributed by atoms with Crippen LogP contribution < -0.4 is 5.32 Å². The smallest absolute Gasteiger partial charge is 0.241 e. The number of amides is 1. The number of nitrogens with one attached hydrogen (secondary N) is 1. The van der Waals surface area contributed by atoms with E-state index in [1.54, 1.807) is 17.3 Å². The topological polar surface area (TPSA) is 80.9 Å². The van der Waals surface area contributed by atoms with Crippen molar-refractivity contribution in [3.8, 4) is 0 Å². The van der Waals surface area contributed by atoms with Gasteiger partial charge in [-0.15, -0.1) is 0 Å². The Balaban J connectivity index is 1.61. The van der Waals surface area contributed by atoms with Crippen molar-refractivity contribution in [1.82, 2.24) is 29.4 Å². The van der Waals surface area contributed by atoms with Crippen molar-refractivity contribution in [2.45, 2.75) is 46.2 Å². The molecule has 1 aliphatic rings. The number of likely N-dealkylation sites (tertiary alicyclic amines) is 1. The quantitative estimate of drug-likeness (QED) is 0.885. The van der Waals surface area contributed by atoms with E-state index in [2.05, 4.69) is 25.4 Å². The fourth-order valence-electron chi connectivity index (χ4n) is 3.54. The molecular weight excluding hydrogens is 318 g/mol. The summed E-state index contributed by atoms with van der Waals surface area (Å²) < 4.78 is 3.67. The highest BCUT2D eigenvalue weighted by Gasteiger charge is 2.28. The van der Waals surface area contributed by atoms with Crippen LogP contribution in [0.5, 0.6) is 0 Å². The fourth-order valence-corrected chi connectivity index (χ4v) is 3.54. The van der Waals surface area contributed by atoms with Crippen LogP contribution in [0.2, 0.25) is 0 Å². The average Bonchev–Trinajstić information content (AvgIpc) is 3.18. The van der Waals surface area contributed by atoms with Crippen molar-refractivity contribution in [2.75, 3.05) is 18.4 Å². The summed E-state index contributed by atoms with van der Waals surface area (Å²) in [6.45, 7) is 8.57. The molecule has 1 fully saturated rings. The van der Waals surface area contributed by atoms with E-state index in [-0.39, 0.29) is 11.9 Å². The molecule has 1 N–H and O–H groups in total. The Hall–Kier alpha value is -2.22. The van der Waals surface area contributed by atoms with E-state index < -0.39 is 0 Å². The maximum Gasteiger partial charge on any atom is 0.241 e. The third kappa shape index (κ3) is 3.89. The van der Waals surface area contributed by atoms with Gasteiger partial charge < -0.3 is 5.32 Å². The summed E-state index contributed by atoms with van der Waals surface area (Å²) in [5.41, 5.74) is 2.65. The van der Waals surface area contributed by atoms with Gasteiger partial charge in [0.2, 0.25) is 5.91 Å². The van der Waals surface area contributed by atoms with Crippen LogP contribution in [0, 0.1) is 19.8 Å². The van der Waals surface area contributed by atoms with E-state index in [9.17, 15) is 4.79 Å². The number of hydrogen-bond donors (Lipinski definition) is 1. The van der Waals surface area contributed by atoms with Crippen LogP contribution in [0.1, 0.15) is 31.2 Å². The SMILES string of the molecule is Cc1nn(C)c(C)c1NC(=O)[C@H](C)N1CCC[C@@H](Cn2cncn2)C1. The number of hydrogen-bond acceptors (Lipinski definition) is 5. The largest absolute Gasteiger partial charge is 0.322 e. The van der Waals surface area contributed by atoms with Gasteiger partial charge in [-0.2, -0.15) is 10.2 Å². The Kier molecular flexibility index (Phi) is 5.17. The molecule has 2 aromatic heterocycles. The molecule has 3 heterocycles. The predicted octanol–water partition coefficient (Wildman–Crippen LogP) is 1.37. The number of anilines is 1. The minimum atomic E-state index is -0.169. The number of carbonyl (C=O) groups is 1. The van der Waals surface area contributed by atoms with Gasteiger partial charge >= 0.3 is 0 Å². The van der Waals surface area contributed by atoms with E-state index in [1.807, 2.05) is 32.5 Å². The highest BCUT2D eigenvalue weighted by atomic mass is 16.2. The Bertz CT molecular complexity index is 722. The number of rotatable bonds is 5. The third-order valence-electron chi connectivity index (χ3n) is 5.15. The summed E-state index contributed by atoms with van der Waals surface area (Å²) in [7, 11) is 1.89. The molecule has 0 spiro atoms. The Morgan fingerprint density at radius 3 is 2.88 bits per heavy atom. The van der Waals surface area contributed by atoms with Crippen molar-refractivity contribution in [3.05, 3.63) is 24.0 Å². The molecule has 0 aromatic carbocycles. The van der Waals surface area contributed by atoms with E-state index >= 15 is 0 Å². The van der Waals surface area contributed by atoms with Gasteiger partial charge in [-0.3, -0.25) is 19.1 Å².